The average molecular weight is 250 g/mol. The maximum Gasteiger partial charge on any atom is 0.138 e. The zero-order chi connectivity index (χ0) is 12.8. The van der Waals surface area contributed by atoms with Crippen molar-refractivity contribution in [3.63, 3.8) is 0 Å². The van der Waals surface area contributed by atoms with Crippen LogP contribution in [-0.4, -0.2) is 16.7 Å². The molecule has 100 valence electrons. The monoisotopic (exact) mass is 250 g/mol. The van der Waals surface area contributed by atoms with Crippen LogP contribution in [0.1, 0.15) is 43.2 Å². The Bertz CT molecular complexity index is 376. The van der Waals surface area contributed by atoms with Crippen molar-refractivity contribution in [3.05, 3.63) is 23.5 Å². The molecule has 0 atom stereocenters. The molecule has 2 rings (SSSR count). The first kappa shape index (κ1) is 13.3. The van der Waals surface area contributed by atoms with E-state index in [1.807, 2.05) is 0 Å². The molecule has 0 unspecified atom stereocenters. The maximum absolute atomic E-state index is 9.64. The van der Waals surface area contributed by atoms with Gasteiger partial charge in [-0.15, -0.1) is 0 Å². The fraction of sp³-hybridized carbons (Fsp3) is 0.643. The number of aromatic nitrogens is 1. The summed E-state index contributed by atoms with van der Waals surface area (Å²) in [6.07, 6.45) is 9.73. The zero-order valence-electron chi connectivity index (χ0n) is 10.8. The van der Waals surface area contributed by atoms with Gasteiger partial charge < -0.3 is 15.6 Å². The van der Waals surface area contributed by atoms with Gasteiger partial charge in [0.25, 0.3) is 0 Å². The number of nitrogens with zero attached hydrogens (tertiary/aromatic N) is 1. The van der Waals surface area contributed by atoms with Crippen molar-refractivity contribution < 1.29 is 9.84 Å². The van der Waals surface area contributed by atoms with Crippen LogP contribution in [0.15, 0.2) is 12.4 Å². The molecule has 3 N–H and O–H groups in total. The molecule has 0 spiro atoms. The van der Waals surface area contributed by atoms with Gasteiger partial charge in [-0.2, -0.15) is 0 Å². The van der Waals surface area contributed by atoms with Crippen LogP contribution in [0.5, 0.6) is 5.75 Å². The second kappa shape index (κ2) is 6.71. The third-order valence-electron chi connectivity index (χ3n) is 3.66. The van der Waals surface area contributed by atoms with E-state index in [1.165, 1.54) is 38.3 Å². The predicted molar refractivity (Wildman–Crippen MR) is 70.0 cm³/mol. The van der Waals surface area contributed by atoms with Crippen LogP contribution in [0.3, 0.4) is 0 Å². The third kappa shape index (κ3) is 3.43. The molecular formula is C14H22N2O2. The molecule has 0 aliphatic heterocycles. The summed E-state index contributed by atoms with van der Waals surface area (Å²) in [5.74, 6) is 0.863. The van der Waals surface area contributed by atoms with E-state index in [0.29, 0.717) is 19.1 Å². The standard InChI is InChI=1S/C14H22N2O2/c15-6-13-12(7-16-8-14(13)17)10-18-9-11-4-2-1-3-5-11/h7-8,11,17H,1-6,9-10,15H2. The number of hydrogen-bond donors (Lipinski definition) is 2. The Morgan fingerprint density at radius 1 is 1.28 bits per heavy atom. The van der Waals surface area contributed by atoms with Gasteiger partial charge in [0, 0.05) is 30.5 Å². The minimum atomic E-state index is 0.163. The summed E-state index contributed by atoms with van der Waals surface area (Å²) in [5, 5.41) is 9.64. The van der Waals surface area contributed by atoms with Crippen LogP contribution in [-0.2, 0) is 17.9 Å². The van der Waals surface area contributed by atoms with Crippen LogP contribution in [0, 0.1) is 5.92 Å². The van der Waals surface area contributed by atoms with Crippen LogP contribution < -0.4 is 5.73 Å². The second-order valence-electron chi connectivity index (χ2n) is 5.02. The molecule has 0 bridgehead atoms. The summed E-state index contributed by atoms with van der Waals surface area (Å²) in [4.78, 5) is 3.97. The van der Waals surface area contributed by atoms with E-state index in [0.717, 1.165) is 17.7 Å². The first-order valence-electron chi connectivity index (χ1n) is 6.73. The number of aromatic hydroxyl groups is 1. The second-order valence-corrected chi connectivity index (χ2v) is 5.02. The fourth-order valence-electron chi connectivity index (χ4n) is 2.57. The molecule has 1 aliphatic carbocycles. The third-order valence-corrected chi connectivity index (χ3v) is 3.66. The zero-order valence-corrected chi connectivity index (χ0v) is 10.8. The number of rotatable bonds is 5. The summed E-state index contributed by atoms with van der Waals surface area (Å²) in [5.41, 5.74) is 7.26. The Balaban J connectivity index is 1.84. The van der Waals surface area contributed by atoms with Crippen molar-refractivity contribution in [2.45, 2.75) is 45.3 Å². The Morgan fingerprint density at radius 3 is 2.78 bits per heavy atom. The van der Waals surface area contributed by atoms with E-state index in [4.69, 9.17) is 10.5 Å². The van der Waals surface area contributed by atoms with Gasteiger partial charge in [0.05, 0.1) is 12.8 Å². The molecule has 0 saturated heterocycles. The highest BCUT2D eigenvalue weighted by Crippen LogP contribution is 2.24. The Kier molecular flexibility index (Phi) is 4.96. The van der Waals surface area contributed by atoms with Gasteiger partial charge in [0.1, 0.15) is 5.75 Å². The summed E-state index contributed by atoms with van der Waals surface area (Å²) >= 11 is 0. The van der Waals surface area contributed by atoms with E-state index < -0.39 is 0 Å². The summed E-state index contributed by atoms with van der Waals surface area (Å²) in [6, 6.07) is 0. The smallest absolute Gasteiger partial charge is 0.138 e. The summed E-state index contributed by atoms with van der Waals surface area (Å²) in [6.45, 7) is 1.61. The van der Waals surface area contributed by atoms with Gasteiger partial charge in [0.2, 0.25) is 0 Å². The lowest BCUT2D eigenvalue weighted by atomic mass is 9.90. The summed E-state index contributed by atoms with van der Waals surface area (Å²) in [7, 11) is 0. The summed E-state index contributed by atoms with van der Waals surface area (Å²) < 4.78 is 5.75. The quantitative estimate of drug-likeness (QED) is 0.841. The molecule has 1 fully saturated rings. The highest BCUT2D eigenvalue weighted by Gasteiger charge is 2.14. The Morgan fingerprint density at radius 2 is 2.06 bits per heavy atom. The van der Waals surface area contributed by atoms with E-state index in [-0.39, 0.29) is 5.75 Å². The van der Waals surface area contributed by atoms with E-state index >= 15 is 0 Å². The van der Waals surface area contributed by atoms with Gasteiger partial charge in [-0.25, -0.2) is 0 Å². The predicted octanol–water partition coefficient (Wildman–Crippen LogP) is 2.34. The minimum Gasteiger partial charge on any atom is -0.506 e. The maximum atomic E-state index is 9.64. The van der Waals surface area contributed by atoms with Crippen molar-refractivity contribution in [3.8, 4) is 5.75 Å². The number of ether oxygens (including phenoxy) is 1. The Hall–Kier alpha value is -1.13. The number of pyridine rings is 1. The molecule has 4 heteroatoms. The molecule has 0 radical (unpaired) electrons. The molecular weight excluding hydrogens is 228 g/mol. The SMILES string of the molecule is NCc1c(O)cncc1COCC1CCCCC1. The molecule has 0 aromatic carbocycles. The average Bonchev–Trinajstić information content (AvgIpc) is 2.40. The Labute approximate surface area is 108 Å². The lowest BCUT2D eigenvalue weighted by Gasteiger charge is -2.21. The highest BCUT2D eigenvalue weighted by molar-refractivity contribution is 5.35. The van der Waals surface area contributed by atoms with E-state index in [2.05, 4.69) is 4.98 Å². The van der Waals surface area contributed by atoms with Gasteiger partial charge >= 0.3 is 0 Å². The van der Waals surface area contributed by atoms with Crippen molar-refractivity contribution in [1.82, 2.24) is 4.98 Å². The molecule has 1 aliphatic rings. The topological polar surface area (TPSA) is 68.4 Å². The molecule has 18 heavy (non-hydrogen) atoms. The molecule has 1 heterocycles. The van der Waals surface area contributed by atoms with Crippen molar-refractivity contribution in [2.75, 3.05) is 6.61 Å². The van der Waals surface area contributed by atoms with Crippen LogP contribution >= 0.6 is 0 Å². The minimum absolute atomic E-state index is 0.163. The largest absolute Gasteiger partial charge is 0.506 e. The molecule has 1 aromatic heterocycles. The van der Waals surface area contributed by atoms with Gasteiger partial charge in [0.15, 0.2) is 0 Å². The normalized spacial score (nSPS) is 16.9. The van der Waals surface area contributed by atoms with E-state index in [9.17, 15) is 5.11 Å². The van der Waals surface area contributed by atoms with Gasteiger partial charge in [-0.3, -0.25) is 4.98 Å². The molecule has 1 aromatic rings. The van der Waals surface area contributed by atoms with E-state index in [1.54, 1.807) is 6.20 Å². The first-order chi connectivity index (χ1) is 8.81. The lowest BCUT2D eigenvalue weighted by Crippen LogP contribution is -2.14. The number of nitrogens with two attached hydrogens (primary N) is 1. The van der Waals surface area contributed by atoms with Gasteiger partial charge in [-0.1, -0.05) is 19.3 Å². The van der Waals surface area contributed by atoms with Crippen molar-refractivity contribution in [2.24, 2.45) is 11.7 Å². The van der Waals surface area contributed by atoms with Crippen molar-refractivity contribution in [1.29, 1.82) is 0 Å². The molecule has 1 saturated carbocycles. The fourth-order valence-corrected chi connectivity index (χ4v) is 2.57. The molecule has 4 nitrogen and oxygen atoms in total. The van der Waals surface area contributed by atoms with Crippen LogP contribution in [0.2, 0.25) is 0 Å². The highest BCUT2D eigenvalue weighted by atomic mass is 16.5. The number of hydrogen-bond acceptors (Lipinski definition) is 4. The van der Waals surface area contributed by atoms with Gasteiger partial charge in [-0.05, 0) is 18.8 Å². The molecule has 0 amide bonds. The van der Waals surface area contributed by atoms with Crippen molar-refractivity contribution >= 4 is 0 Å². The van der Waals surface area contributed by atoms with Crippen LogP contribution in [0.25, 0.3) is 0 Å². The first-order valence-corrected chi connectivity index (χ1v) is 6.73. The lowest BCUT2D eigenvalue weighted by molar-refractivity contribution is 0.0732. The van der Waals surface area contributed by atoms with Crippen LogP contribution in [0.4, 0.5) is 0 Å².